The smallest absolute Gasteiger partial charge is 0.303 e. The van der Waals surface area contributed by atoms with Crippen LogP contribution in [-0.2, 0) is 42.9 Å². The van der Waals surface area contributed by atoms with E-state index in [0.717, 1.165) is 26.8 Å². The predicted octanol–water partition coefficient (Wildman–Crippen LogP) is 2.39. The number of halogens is 2. The summed E-state index contributed by atoms with van der Waals surface area (Å²) in [5.41, 5.74) is 0.262. The lowest BCUT2D eigenvalue weighted by Gasteiger charge is -2.44. The van der Waals surface area contributed by atoms with E-state index in [4.69, 9.17) is 23.7 Å². The van der Waals surface area contributed by atoms with Crippen molar-refractivity contribution in [1.29, 1.82) is 0 Å². The van der Waals surface area contributed by atoms with Crippen molar-refractivity contribution < 1.29 is 47.3 Å². The molecule has 9 nitrogen and oxygen atoms in total. The zero-order valence-electron chi connectivity index (χ0n) is 17.3. The zero-order valence-corrected chi connectivity index (χ0v) is 18.8. The van der Waals surface area contributed by atoms with Gasteiger partial charge in [0.25, 0.3) is 0 Å². The highest BCUT2D eigenvalue weighted by molar-refractivity contribution is 9.10. The summed E-state index contributed by atoms with van der Waals surface area (Å²) in [6.07, 6.45) is -6.07. The number of rotatable bonds is 6. The van der Waals surface area contributed by atoms with Crippen molar-refractivity contribution in [3.8, 4) is 0 Å². The van der Waals surface area contributed by atoms with Crippen molar-refractivity contribution in [2.75, 3.05) is 6.61 Å². The van der Waals surface area contributed by atoms with Crippen LogP contribution in [0.4, 0.5) is 4.39 Å². The highest BCUT2D eigenvalue weighted by atomic mass is 79.9. The first-order chi connectivity index (χ1) is 14.5. The van der Waals surface area contributed by atoms with Crippen LogP contribution in [0.5, 0.6) is 0 Å². The van der Waals surface area contributed by atoms with E-state index in [1.807, 2.05) is 0 Å². The Bertz CT molecular complexity index is 859. The molecule has 1 aromatic rings. The fraction of sp³-hybridized carbons (Fsp3) is 0.500. The molecule has 1 saturated heterocycles. The van der Waals surface area contributed by atoms with Gasteiger partial charge in [0.15, 0.2) is 18.3 Å². The van der Waals surface area contributed by atoms with Crippen LogP contribution in [0.15, 0.2) is 22.7 Å². The van der Waals surface area contributed by atoms with Crippen LogP contribution in [-0.4, -0.2) is 54.9 Å². The molecule has 0 aliphatic carbocycles. The lowest BCUT2D eigenvalue weighted by Crippen LogP contribution is -2.59. The molecule has 1 aliphatic rings. The van der Waals surface area contributed by atoms with Crippen molar-refractivity contribution in [3.05, 3.63) is 34.1 Å². The minimum atomic E-state index is -1.31. The normalized spacial score (nSPS) is 25.3. The Morgan fingerprint density at radius 2 is 1.45 bits per heavy atom. The number of carbonyl (C=O) groups is 4. The van der Waals surface area contributed by atoms with Crippen molar-refractivity contribution >= 4 is 39.8 Å². The maximum absolute atomic E-state index is 14.2. The molecule has 170 valence electrons. The van der Waals surface area contributed by atoms with Gasteiger partial charge in [-0.25, -0.2) is 4.39 Å². The van der Waals surface area contributed by atoms with Gasteiger partial charge in [-0.3, -0.25) is 19.2 Å². The minimum Gasteiger partial charge on any atom is -0.463 e. The lowest BCUT2D eigenvalue weighted by atomic mass is 9.90. The average molecular weight is 505 g/mol. The van der Waals surface area contributed by atoms with Crippen LogP contribution in [0.2, 0.25) is 0 Å². The van der Waals surface area contributed by atoms with Gasteiger partial charge in [0.1, 0.15) is 24.6 Å². The van der Waals surface area contributed by atoms with Crippen LogP contribution < -0.4 is 0 Å². The largest absolute Gasteiger partial charge is 0.463 e. The summed E-state index contributed by atoms with van der Waals surface area (Å²) in [6, 6.07) is 4.11. The molecule has 5 atom stereocenters. The van der Waals surface area contributed by atoms with E-state index >= 15 is 0 Å². The Kier molecular flexibility index (Phi) is 8.52. The van der Waals surface area contributed by atoms with Gasteiger partial charge in [-0.2, -0.15) is 0 Å². The molecule has 1 fully saturated rings. The zero-order chi connectivity index (χ0) is 23.3. The first kappa shape index (κ1) is 24.7. The fourth-order valence-electron chi connectivity index (χ4n) is 3.19. The molecule has 0 saturated carbocycles. The summed E-state index contributed by atoms with van der Waals surface area (Å²) >= 11 is 3.06. The van der Waals surface area contributed by atoms with Gasteiger partial charge < -0.3 is 23.7 Å². The second kappa shape index (κ2) is 10.7. The van der Waals surface area contributed by atoms with E-state index in [0.29, 0.717) is 0 Å². The second-order valence-electron chi connectivity index (χ2n) is 6.79. The lowest BCUT2D eigenvalue weighted by molar-refractivity contribution is -0.254. The van der Waals surface area contributed by atoms with E-state index in [1.165, 1.54) is 19.1 Å². The third-order valence-electron chi connectivity index (χ3n) is 4.26. The molecule has 2 rings (SSSR count). The SMILES string of the molecule is CC(=O)OC[C@H]1O[C@@H](c2ccc(Br)c(F)c2)[C@H](OC(C)=O)[C@@H](OC(C)=O)[C@@H]1OC(C)=O. The average Bonchev–Trinajstić information content (AvgIpc) is 2.64. The summed E-state index contributed by atoms with van der Waals surface area (Å²) in [5, 5.41) is 0. The number of benzene rings is 1. The quantitative estimate of drug-likeness (QED) is 0.425. The maximum atomic E-state index is 14.2. The van der Waals surface area contributed by atoms with Gasteiger partial charge in [0.2, 0.25) is 0 Å². The van der Waals surface area contributed by atoms with Crippen LogP contribution in [0.1, 0.15) is 39.4 Å². The van der Waals surface area contributed by atoms with Crippen molar-refractivity contribution in [3.63, 3.8) is 0 Å². The molecular weight excluding hydrogens is 483 g/mol. The van der Waals surface area contributed by atoms with Gasteiger partial charge in [0, 0.05) is 27.7 Å². The number of hydrogen-bond acceptors (Lipinski definition) is 9. The molecule has 11 heteroatoms. The Morgan fingerprint density at radius 1 is 0.903 bits per heavy atom. The van der Waals surface area contributed by atoms with Crippen LogP contribution in [0.25, 0.3) is 0 Å². The van der Waals surface area contributed by atoms with Crippen LogP contribution >= 0.6 is 15.9 Å². The van der Waals surface area contributed by atoms with Gasteiger partial charge >= 0.3 is 23.9 Å². The number of hydrogen-bond donors (Lipinski definition) is 0. The van der Waals surface area contributed by atoms with Gasteiger partial charge in [-0.05, 0) is 33.6 Å². The van der Waals surface area contributed by atoms with Gasteiger partial charge in [-0.1, -0.05) is 6.07 Å². The molecule has 0 aromatic heterocycles. The Hall–Kier alpha value is -2.53. The monoisotopic (exact) mass is 504 g/mol. The topological polar surface area (TPSA) is 114 Å². The maximum Gasteiger partial charge on any atom is 0.303 e. The molecular formula is C20H22BrFO9. The molecule has 0 bridgehead atoms. The van der Waals surface area contributed by atoms with Crippen LogP contribution in [0.3, 0.4) is 0 Å². The molecule has 31 heavy (non-hydrogen) atoms. The Labute approximate surface area is 186 Å². The molecule has 0 spiro atoms. The first-order valence-corrected chi connectivity index (χ1v) is 10.0. The number of esters is 4. The minimum absolute atomic E-state index is 0.196. The van der Waals surface area contributed by atoms with Gasteiger partial charge in [0.05, 0.1) is 4.47 Å². The molecule has 0 radical (unpaired) electrons. The summed E-state index contributed by atoms with van der Waals surface area (Å²) in [7, 11) is 0. The summed E-state index contributed by atoms with van der Waals surface area (Å²) < 4.78 is 41.3. The molecule has 0 unspecified atom stereocenters. The van der Waals surface area contributed by atoms with Gasteiger partial charge in [-0.15, -0.1) is 0 Å². The first-order valence-electron chi connectivity index (χ1n) is 9.25. The fourth-order valence-corrected chi connectivity index (χ4v) is 3.43. The van der Waals surface area contributed by atoms with E-state index in [-0.39, 0.29) is 16.6 Å². The van der Waals surface area contributed by atoms with E-state index < -0.39 is 60.2 Å². The summed E-state index contributed by atoms with van der Waals surface area (Å²) in [5.74, 6) is -3.43. The summed E-state index contributed by atoms with van der Waals surface area (Å²) in [6.45, 7) is 4.21. The number of carbonyl (C=O) groups excluding carboxylic acids is 4. The number of ether oxygens (including phenoxy) is 5. The standard InChI is InChI=1S/C20H22BrFO9/c1-9(23)27-8-16-18(28-10(2)24)20(30-12(4)26)19(29-11(3)25)17(31-16)13-5-6-14(21)15(22)7-13/h5-7,16-20H,8H2,1-4H3/t16-,17+,18-,19+,20+/m1/s1. The molecule has 0 amide bonds. The molecule has 1 aromatic carbocycles. The van der Waals surface area contributed by atoms with E-state index in [2.05, 4.69) is 15.9 Å². The molecule has 1 heterocycles. The molecule has 0 N–H and O–H groups in total. The van der Waals surface area contributed by atoms with Crippen molar-refractivity contribution in [2.24, 2.45) is 0 Å². The Balaban J connectivity index is 2.56. The Morgan fingerprint density at radius 3 is 1.97 bits per heavy atom. The highest BCUT2D eigenvalue weighted by Crippen LogP contribution is 2.38. The molecule has 1 aliphatic heterocycles. The third kappa shape index (κ3) is 6.73. The van der Waals surface area contributed by atoms with E-state index in [1.54, 1.807) is 0 Å². The predicted molar refractivity (Wildman–Crippen MR) is 105 cm³/mol. The third-order valence-corrected chi connectivity index (χ3v) is 4.91. The second-order valence-corrected chi connectivity index (χ2v) is 7.65. The summed E-state index contributed by atoms with van der Waals surface area (Å²) in [4.78, 5) is 46.6. The van der Waals surface area contributed by atoms with Crippen molar-refractivity contribution in [2.45, 2.75) is 58.2 Å². The highest BCUT2D eigenvalue weighted by Gasteiger charge is 2.52. The van der Waals surface area contributed by atoms with Crippen LogP contribution in [0, 0.1) is 5.82 Å². The van der Waals surface area contributed by atoms with Crippen molar-refractivity contribution in [1.82, 2.24) is 0 Å². The van der Waals surface area contributed by atoms with E-state index in [9.17, 15) is 23.6 Å².